The van der Waals surface area contributed by atoms with Crippen molar-refractivity contribution < 1.29 is 17.9 Å². The molecular weight excluding hydrogens is 418 g/mol. The summed E-state index contributed by atoms with van der Waals surface area (Å²) in [6, 6.07) is 10.8. The summed E-state index contributed by atoms with van der Waals surface area (Å²) in [7, 11) is -2.47. The minimum atomic E-state index is -3.96. The Morgan fingerprint density at radius 1 is 1.13 bits per heavy atom. The monoisotopic (exact) mass is 441 g/mol. The number of aromatic nitrogens is 1. The summed E-state index contributed by atoms with van der Waals surface area (Å²) >= 11 is 0. The number of amides is 1. The van der Waals surface area contributed by atoms with E-state index in [9.17, 15) is 18.0 Å². The zero-order chi connectivity index (χ0) is 22.0. The normalized spacial score (nSPS) is 14.5. The molecule has 1 aromatic heterocycles. The molecule has 2 aromatic carbocycles. The van der Waals surface area contributed by atoms with Gasteiger partial charge in [0.15, 0.2) is 0 Å². The van der Waals surface area contributed by atoms with Crippen molar-refractivity contribution in [3.8, 4) is 5.75 Å². The Morgan fingerprint density at radius 3 is 2.65 bits per heavy atom. The molecule has 1 fully saturated rings. The number of carbonyl (C=O) groups excluding carboxylic acids is 1. The molecule has 0 atom stereocenters. The number of rotatable bonds is 6. The first-order valence-corrected chi connectivity index (χ1v) is 11.5. The van der Waals surface area contributed by atoms with E-state index in [4.69, 9.17) is 4.74 Å². The van der Waals surface area contributed by atoms with E-state index in [0.29, 0.717) is 17.0 Å². The van der Waals surface area contributed by atoms with Gasteiger partial charge in [-0.3, -0.25) is 14.3 Å². The van der Waals surface area contributed by atoms with E-state index in [-0.39, 0.29) is 21.9 Å². The number of fused-ring (bicyclic) bond motifs is 1. The van der Waals surface area contributed by atoms with E-state index in [0.717, 1.165) is 25.7 Å². The lowest BCUT2D eigenvalue weighted by atomic mass is 10.1. The molecule has 3 N–H and O–H groups in total. The first-order chi connectivity index (χ1) is 14.9. The molecule has 1 saturated carbocycles. The predicted octanol–water partition coefficient (Wildman–Crippen LogP) is 3.01. The average Bonchev–Trinajstić information content (AvgIpc) is 3.26. The van der Waals surface area contributed by atoms with E-state index < -0.39 is 21.4 Å². The predicted molar refractivity (Wildman–Crippen MR) is 118 cm³/mol. The van der Waals surface area contributed by atoms with E-state index in [1.165, 1.54) is 31.5 Å². The number of hydrogen-bond donors (Lipinski definition) is 3. The van der Waals surface area contributed by atoms with Gasteiger partial charge in [0.25, 0.3) is 15.9 Å². The third kappa shape index (κ3) is 4.41. The highest BCUT2D eigenvalue weighted by atomic mass is 32.2. The van der Waals surface area contributed by atoms with Crippen molar-refractivity contribution in [2.24, 2.45) is 0 Å². The smallest absolute Gasteiger partial charge is 0.261 e. The fourth-order valence-corrected chi connectivity index (χ4v) is 4.84. The molecule has 162 valence electrons. The summed E-state index contributed by atoms with van der Waals surface area (Å²) in [4.78, 5) is 28.4. The number of ether oxygens (including phenoxy) is 1. The Labute approximate surface area is 179 Å². The van der Waals surface area contributed by atoms with Gasteiger partial charge in [0.2, 0.25) is 5.43 Å². The number of pyridine rings is 1. The summed E-state index contributed by atoms with van der Waals surface area (Å²) in [6.45, 7) is 0. The molecule has 1 aliphatic carbocycles. The van der Waals surface area contributed by atoms with Gasteiger partial charge in [0.1, 0.15) is 11.3 Å². The third-order valence-corrected chi connectivity index (χ3v) is 6.80. The summed E-state index contributed by atoms with van der Waals surface area (Å²) in [5.74, 6) is 0.0610. The van der Waals surface area contributed by atoms with Crippen LogP contribution in [-0.2, 0) is 10.0 Å². The number of hydrogen-bond acceptors (Lipinski definition) is 5. The summed E-state index contributed by atoms with van der Waals surface area (Å²) in [5, 5.41) is 3.02. The van der Waals surface area contributed by atoms with Crippen molar-refractivity contribution in [1.29, 1.82) is 0 Å². The van der Waals surface area contributed by atoms with Crippen LogP contribution in [0.1, 0.15) is 36.0 Å². The van der Waals surface area contributed by atoms with Gasteiger partial charge >= 0.3 is 0 Å². The molecule has 3 aromatic rings. The molecule has 8 nitrogen and oxygen atoms in total. The van der Waals surface area contributed by atoms with Crippen molar-refractivity contribution in [1.82, 2.24) is 10.3 Å². The minimum Gasteiger partial charge on any atom is -0.497 e. The highest BCUT2D eigenvalue weighted by Crippen LogP contribution is 2.22. The maximum absolute atomic E-state index is 13.0. The van der Waals surface area contributed by atoms with Crippen molar-refractivity contribution >= 4 is 32.5 Å². The van der Waals surface area contributed by atoms with Crippen LogP contribution in [0, 0.1) is 0 Å². The summed E-state index contributed by atoms with van der Waals surface area (Å²) < 4.78 is 33.3. The number of methoxy groups -OCH3 is 1. The molecule has 0 bridgehead atoms. The van der Waals surface area contributed by atoms with Gasteiger partial charge in [-0.2, -0.15) is 0 Å². The Bertz CT molecular complexity index is 1290. The molecule has 1 aliphatic rings. The van der Waals surface area contributed by atoms with Crippen LogP contribution in [0.2, 0.25) is 0 Å². The second-order valence-electron chi connectivity index (χ2n) is 7.53. The van der Waals surface area contributed by atoms with Crippen LogP contribution in [0.25, 0.3) is 10.9 Å². The van der Waals surface area contributed by atoms with E-state index in [1.807, 2.05) is 0 Å². The average molecular weight is 442 g/mol. The number of nitrogens with one attached hydrogen (secondary N) is 3. The van der Waals surface area contributed by atoms with Crippen molar-refractivity contribution in [3.63, 3.8) is 0 Å². The number of sulfonamides is 1. The molecule has 31 heavy (non-hydrogen) atoms. The number of aromatic amines is 1. The highest BCUT2D eigenvalue weighted by molar-refractivity contribution is 7.92. The van der Waals surface area contributed by atoms with Crippen LogP contribution in [0.4, 0.5) is 5.69 Å². The standard InChI is InChI=1S/C22H23N3O5S/c1-30-16-8-4-7-15(11-16)25-31(28,29)17-9-10-20-18(12-17)21(26)19(13-23-20)22(27)24-14-5-2-3-6-14/h4,7-14,25H,2-3,5-6H2,1H3,(H,23,26)(H,24,27). The zero-order valence-electron chi connectivity index (χ0n) is 17.0. The Hall–Kier alpha value is -3.33. The lowest BCUT2D eigenvalue weighted by Gasteiger charge is -2.12. The number of H-pyrrole nitrogens is 1. The van der Waals surface area contributed by atoms with E-state index in [1.54, 1.807) is 24.3 Å². The van der Waals surface area contributed by atoms with E-state index in [2.05, 4.69) is 15.0 Å². The maximum atomic E-state index is 13.0. The van der Waals surface area contributed by atoms with Crippen LogP contribution in [0.3, 0.4) is 0 Å². The molecule has 1 amide bonds. The summed E-state index contributed by atoms with van der Waals surface area (Å²) in [5.41, 5.74) is 0.234. The quantitative estimate of drug-likeness (QED) is 0.544. The lowest BCUT2D eigenvalue weighted by Crippen LogP contribution is -2.35. The Kier molecular flexibility index (Phi) is 5.69. The van der Waals surface area contributed by atoms with Crippen LogP contribution in [0.15, 0.2) is 58.4 Å². The third-order valence-electron chi connectivity index (χ3n) is 5.42. The largest absolute Gasteiger partial charge is 0.497 e. The second kappa shape index (κ2) is 8.43. The summed E-state index contributed by atoms with van der Waals surface area (Å²) in [6.07, 6.45) is 5.28. The maximum Gasteiger partial charge on any atom is 0.261 e. The van der Waals surface area contributed by atoms with Gasteiger partial charge in [-0.25, -0.2) is 8.42 Å². The van der Waals surface area contributed by atoms with Crippen molar-refractivity contribution in [3.05, 3.63) is 64.4 Å². The van der Waals surface area contributed by atoms with Gasteiger partial charge in [-0.1, -0.05) is 18.9 Å². The molecule has 1 heterocycles. The van der Waals surface area contributed by atoms with Gasteiger partial charge in [-0.15, -0.1) is 0 Å². The van der Waals surface area contributed by atoms with E-state index >= 15 is 0 Å². The molecular formula is C22H23N3O5S. The fraction of sp³-hybridized carbons (Fsp3) is 0.273. The zero-order valence-corrected chi connectivity index (χ0v) is 17.8. The van der Waals surface area contributed by atoms with Gasteiger partial charge in [-0.05, 0) is 43.2 Å². The fourth-order valence-electron chi connectivity index (χ4n) is 3.77. The molecule has 0 aliphatic heterocycles. The Balaban J connectivity index is 1.66. The topological polar surface area (TPSA) is 117 Å². The molecule has 0 radical (unpaired) electrons. The number of carbonyl (C=O) groups is 1. The lowest BCUT2D eigenvalue weighted by molar-refractivity contribution is 0.0936. The van der Waals surface area contributed by atoms with Crippen LogP contribution in [0.5, 0.6) is 5.75 Å². The molecule has 0 saturated heterocycles. The molecule has 9 heteroatoms. The van der Waals surface area contributed by atoms with Crippen molar-refractivity contribution in [2.75, 3.05) is 11.8 Å². The Morgan fingerprint density at radius 2 is 1.90 bits per heavy atom. The molecule has 0 spiro atoms. The highest BCUT2D eigenvalue weighted by Gasteiger charge is 2.21. The molecule has 4 rings (SSSR count). The van der Waals surface area contributed by atoms with Crippen molar-refractivity contribution in [2.45, 2.75) is 36.6 Å². The minimum absolute atomic E-state index is 0.0327. The van der Waals surface area contributed by atoms with Crippen LogP contribution >= 0.6 is 0 Å². The van der Waals surface area contributed by atoms with Crippen LogP contribution in [-0.4, -0.2) is 32.5 Å². The number of benzene rings is 2. The number of anilines is 1. The van der Waals surface area contributed by atoms with Crippen LogP contribution < -0.4 is 20.2 Å². The first kappa shape index (κ1) is 20.9. The second-order valence-corrected chi connectivity index (χ2v) is 9.21. The SMILES string of the molecule is COc1cccc(NS(=O)(=O)c2ccc3[nH]cc(C(=O)NC4CCCC4)c(=O)c3c2)c1. The van der Waals surface area contributed by atoms with Gasteiger partial charge in [0, 0.05) is 29.2 Å². The first-order valence-electron chi connectivity index (χ1n) is 10.0. The van der Waals surface area contributed by atoms with Gasteiger partial charge in [0.05, 0.1) is 17.7 Å². The molecule has 0 unspecified atom stereocenters. The van der Waals surface area contributed by atoms with Gasteiger partial charge < -0.3 is 15.0 Å².